The first-order valence-corrected chi connectivity index (χ1v) is 12.5. The van der Waals surface area contributed by atoms with Gasteiger partial charge in [0.05, 0.1) is 18.3 Å². The van der Waals surface area contributed by atoms with Crippen molar-refractivity contribution in [2.24, 2.45) is 11.8 Å². The number of aliphatic hydroxyl groups excluding tert-OH is 1. The summed E-state index contributed by atoms with van der Waals surface area (Å²) < 4.78 is 24.4. The molecule has 2 aliphatic heterocycles. The molecule has 4 rings (SSSR count). The summed E-state index contributed by atoms with van der Waals surface area (Å²) in [6.07, 6.45) is 8.61. The van der Waals surface area contributed by atoms with Gasteiger partial charge in [-0.2, -0.15) is 0 Å². The van der Waals surface area contributed by atoms with E-state index in [1.807, 2.05) is 18.2 Å². The molecule has 1 saturated carbocycles. The van der Waals surface area contributed by atoms with Crippen LogP contribution in [0, 0.1) is 11.8 Å². The van der Waals surface area contributed by atoms with Gasteiger partial charge in [0.15, 0.2) is 12.6 Å². The molecule has 3 fully saturated rings. The number of hydrogen-bond acceptors (Lipinski definition) is 6. The molecule has 1 aliphatic carbocycles. The molecule has 6 heteroatoms. The lowest BCUT2D eigenvalue weighted by Gasteiger charge is -2.32. The fraction of sp³-hybridized carbons (Fsp3) is 0.731. The Labute approximate surface area is 191 Å². The van der Waals surface area contributed by atoms with Crippen LogP contribution >= 0.6 is 0 Å². The highest BCUT2D eigenvalue weighted by Gasteiger charge is 2.44. The fourth-order valence-electron chi connectivity index (χ4n) is 5.49. The van der Waals surface area contributed by atoms with Crippen LogP contribution in [0.25, 0.3) is 0 Å². The largest absolute Gasteiger partial charge is 0.393 e. The van der Waals surface area contributed by atoms with Crippen molar-refractivity contribution in [2.75, 3.05) is 13.2 Å². The van der Waals surface area contributed by atoms with Crippen LogP contribution in [0.2, 0.25) is 0 Å². The third-order valence-corrected chi connectivity index (χ3v) is 7.22. The molecule has 0 radical (unpaired) electrons. The highest BCUT2D eigenvalue weighted by molar-refractivity contribution is 5.50. The predicted molar refractivity (Wildman–Crippen MR) is 120 cm³/mol. The molecule has 2 saturated heterocycles. The Kier molecular flexibility index (Phi) is 9.11. The molecule has 0 aromatic heterocycles. The summed E-state index contributed by atoms with van der Waals surface area (Å²) in [6.45, 7) is 1.48. The van der Waals surface area contributed by atoms with E-state index in [0.717, 1.165) is 76.4 Å². The molecule has 7 atom stereocenters. The lowest BCUT2D eigenvalue weighted by atomic mass is 9.85. The molecule has 1 N–H and O–H groups in total. The maximum Gasteiger partial charge on any atom is 0.158 e. The van der Waals surface area contributed by atoms with Crippen molar-refractivity contribution in [3.8, 4) is 0 Å². The summed E-state index contributed by atoms with van der Waals surface area (Å²) in [5.74, 6) is 0.0197. The number of aliphatic hydroxyl groups is 1. The van der Waals surface area contributed by atoms with Crippen LogP contribution in [0.1, 0.15) is 75.9 Å². The van der Waals surface area contributed by atoms with Crippen LogP contribution in [-0.4, -0.2) is 49.4 Å². The van der Waals surface area contributed by atoms with E-state index in [9.17, 15) is 9.90 Å². The number of hydrogen-bond donors (Lipinski definition) is 1. The Morgan fingerprint density at radius 3 is 2.38 bits per heavy atom. The van der Waals surface area contributed by atoms with Crippen LogP contribution in [0.3, 0.4) is 0 Å². The topological polar surface area (TPSA) is 74.2 Å². The smallest absolute Gasteiger partial charge is 0.158 e. The van der Waals surface area contributed by atoms with Crippen LogP contribution < -0.4 is 0 Å². The normalized spacial score (nSPS) is 34.3. The molecule has 0 amide bonds. The van der Waals surface area contributed by atoms with Crippen LogP contribution in [0.5, 0.6) is 0 Å². The van der Waals surface area contributed by atoms with Gasteiger partial charge in [0.1, 0.15) is 6.29 Å². The molecular formula is C26H38O6. The molecule has 3 aliphatic rings. The summed E-state index contributed by atoms with van der Waals surface area (Å²) in [7, 11) is 0. The number of carbonyl (C=O) groups excluding carboxylic acids is 1. The lowest BCUT2D eigenvalue weighted by molar-refractivity contribution is -0.201. The Bertz CT molecular complexity index is 670. The Balaban J connectivity index is 1.44. The minimum Gasteiger partial charge on any atom is -0.393 e. The maximum absolute atomic E-state index is 11.4. The highest BCUT2D eigenvalue weighted by Crippen LogP contribution is 2.42. The average molecular weight is 447 g/mol. The predicted octanol–water partition coefficient (Wildman–Crippen LogP) is 4.55. The third kappa shape index (κ3) is 6.39. The molecule has 0 spiro atoms. The minimum absolute atomic E-state index is 0.0801. The quantitative estimate of drug-likeness (QED) is 0.532. The number of aldehydes is 1. The first kappa shape index (κ1) is 23.8. The summed E-state index contributed by atoms with van der Waals surface area (Å²) in [4.78, 5) is 11.4. The van der Waals surface area contributed by atoms with Crippen LogP contribution in [0.4, 0.5) is 0 Å². The summed E-state index contributed by atoms with van der Waals surface area (Å²) >= 11 is 0. The summed E-state index contributed by atoms with van der Waals surface area (Å²) in [6, 6.07) is 10.3. The number of ether oxygens (including phenoxy) is 4. The van der Waals surface area contributed by atoms with Crippen molar-refractivity contribution in [1.82, 2.24) is 0 Å². The van der Waals surface area contributed by atoms with Crippen molar-refractivity contribution in [3.05, 3.63) is 35.9 Å². The van der Waals surface area contributed by atoms with E-state index in [1.165, 1.54) is 0 Å². The first-order chi connectivity index (χ1) is 15.7. The second kappa shape index (κ2) is 12.2. The molecule has 0 bridgehead atoms. The van der Waals surface area contributed by atoms with Crippen molar-refractivity contribution in [2.45, 2.75) is 95.1 Å². The number of rotatable bonds is 10. The van der Waals surface area contributed by atoms with Gasteiger partial charge in [-0.3, -0.25) is 0 Å². The van der Waals surface area contributed by atoms with E-state index < -0.39 is 6.10 Å². The molecule has 32 heavy (non-hydrogen) atoms. The Morgan fingerprint density at radius 2 is 1.72 bits per heavy atom. The van der Waals surface area contributed by atoms with Crippen molar-refractivity contribution in [3.63, 3.8) is 0 Å². The zero-order valence-corrected chi connectivity index (χ0v) is 19.0. The summed E-state index contributed by atoms with van der Waals surface area (Å²) in [5, 5.41) is 10.7. The van der Waals surface area contributed by atoms with E-state index in [0.29, 0.717) is 12.8 Å². The maximum atomic E-state index is 11.4. The van der Waals surface area contributed by atoms with Crippen LogP contribution in [0.15, 0.2) is 30.3 Å². The standard InChI is InChI=1S/C26H38O6/c27-15-14-20-21(24(18-22(20)28)32-26-11-5-7-17-30-26)12-13-23(19-8-2-1-3-9-19)31-25-10-4-6-16-29-25/h1-3,8-9,15,20-26,28H,4-7,10-14,16-18H2/t20-,21-,22+,23?,24-,25?,26?/m0/s1. The van der Waals surface area contributed by atoms with E-state index in [1.54, 1.807) is 0 Å². The Hall–Kier alpha value is -1.31. The lowest BCUT2D eigenvalue weighted by Crippen LogP contribution is -2.32. The number of benzene rings is 1. The van der Waals surface area contributed by atoms with Gasteiger partial charge in [0, 0.05) is 26.1 Å². The van der Waals surface area contributed by atoms with Gasteiger partial charge >= 0.3 is 0 Å². The second-order valence-corrected chi connectivity index (χ2v) is 9.41. The van der Waals surface area contributed by atoms with Crippen molar-refractivity contribution >= 4 is 6.29 Å². The van der Waals surface area contributed by atoms with Gasteiger partial charge in [0.25, 0.3) is 0 Å². The molecular weight excluding hydrogens is 408 g/mol. The minimum atomic E-state index is -0.517. The second-order valence-electron chi connectivity index (χ2n) is 9.41. The molecule has 1 aromatic carbocycles. The van der Waals surface area contributed by atoms with Gasteiger partial charge in [0.2, 0.25) is 0 Å². The summed E-state index contributed by atoms with van der Waals surface area (Å²) in [5.41, 5.74) is 1.14. The average Bonchev–Trinajstić information content (AvgIpc) is 3.12. The van der Waals surface area contributed by atoms with E-state index in [-0.39, 0.29) is 36.6 Å². The molecule has 3 unspecified atom stereocenters. The van der Waals surface area contributed by atoms with E-state index >= 15 is 0 Å². The SMILES string of the molecule is O=CC[C@H]1[C@H](CCC(OC2CCCCO2)c2ccccc2)[C@@H](OC2CCCCO2)C[C@H]1O. The molecule has 2 heterocycles. The number of carbonyl (C=O) groups is 1. The van der Waals surface area contributed by atoms with Gasteiger partial charge in [-0.25, -0.2) is 0 Å². The Morgan fingerprint density at radius 1 is 1.00 bits per heavy atom. The monoisotopic (exact) mass is 446 g/mol. The zero-order chi connectivity index (χ0) is 22.2. The van der Waals surface area contributed by atoms with Gasteiger partial charge < -0.3 is 28.8 Å². The van der Waals surface area contributed by atoms with E-state index in [4.69, 9.17) is 18.9 Å². The fourth-order valence-corrected chi connectivity index (χ4v) is 5.49. The molecule has 1 aromatic rings. The van der Waals surface area contributed by atoms with Gasteiger partial charge in [-0.15, -0.1) is 0 Å². The molecule has 178 valence electrons. The van der Waals surface area contributed by atoms with Crippen LogP contribution in [-0.2, 0) is 23.7 Å². The third-order valence-electron chi connectivity index (χ3n) is 7.22. The van der Waals surface area contributed by atoms with Gasteiger partial charge in [-0.05, 0) is 68.8 Å². The van der Waals surface area contributed by atoms with Crippen molar-refractivity contribution < 1.29 is 28.8 Å². The highest BCUT2D eigenvalue weighted by atomic mass is 16.7. The zero-order valence-electron chi connectivity index (χ0n) is 19.0. The molecule has 6 nitrogen and oxygen atoms in total. The van der Waals surface area contributed by atoms with Crippen molar-refractivity contribution in [1.29, 1.82) is 0 Å². The van der Waals surface area contributed by atoms with Gasteiger partial charge in [-0.1, -0.05) is 30.3 Å². The van der Waals surface area contributed by atoms with E-state index in [2.05, 4.69) is 12.1 Å². The first-order valence-electron chi connectivity index (χ1n) is 12.5.